The second-order valence-electron chi connectivity index (χ2n) is 6.61. The molecule has 28 heavy (non-hydrogen) atoms. The maximum atomic E-state index is 12.4. The Kier molecular flexibility index (Phi) is 7.17. The first-order valence-electron chi connectivity index (χ1n) is 9.38. The molecule has 6 heteroatoms. The minimum absolute atomic E-state index is 0.219. The number of hydrogen-bond donors (Lipinski definition) is 3. The molecule has 3 N–H and O–H groups in total. The van der Waals surface area contributed by atoms with Crippen LogP contribution in [0.5, 0.6) is 0 Å². The fourth-order valence-corrected chi connectivity index (χ4v) is 3.70. The van der Waals surface area contributed by atoms with Gasteiger partial charge in [-0.1, -0.05) is 54.6 Å². The van der Waals surface area contributed by atoms with Crippen molar-refractivity contribution in [1.82, 2.24) is 10.3 Å². The van der Waals surface area contributed by atoms with Gasteiger partial charge in [0, 0.05) is 17.5 Å². The summed E-state index contributed by atoms with van der Waals surface area (Å²) < 4.78 is 0. The van der Waals surface area contributed by atoms with Crippen LogP contribution in [0.4, 0.5) is 5.13 Å². The van der Waals surface area contributed by atoms with E-state index in [1.807, 2.05) is 54.8 Å². The number of aliphatic hydroxyl groups excluding tert-OH is 1. The summed E-state index contributed by atoms with van der Waals surface area (Å²) in [6.07, 6.45) is 1.76. The van der Waals surface area contributed by atoms with Crippen LogP contribution in [0.3, 0.4) is 0 Å². The van der Waals surface area contributed by atoms with Crippen molar-refractivity contribution in [1.29, 1.82) is 0 Å². The van der Waals surface area contributed by atoms with E-state index in [9.17, 15) is 9.90 Å². The van der Waals surface area contributed by atoms with E-state index in [1.54, 1.807) is 0 Å². The zero-order chi connectivity index (χ0) is 19.8. The predicted molar refractivity (Wildman–Crippen MR) is 115 cm³/mol. The second-order valence-corrected chi connectivity index (χ2v) is 7.47. The molecule has 0 saturated heterocycles. The normalized spacial score (nSPS) is 11.8. The molecule has 5 nitrogen and oxygen atoms in total. The fraction of sp³-hybridized carbons (Fsp3) is 0.273. The molecule has 0 bridgehead atoms. The van der Waals surface area contributed by atoms with Gasteiger partial charge in [0.25, 0.3) is 0 Å². The summed E-state index contributed by atoms with van der Waals surface area (Å²) in [7, 11) is 0. The molecule has 1 atom stereocenters. The molecule has 1 heterocycles. The van der Waals surface area contributed by atoms with Gasteiger partial charge in [0.15, 0.2) is 5.13 Å². The van der Waals surface area contributed by atoms with E-state index in [4.69, 9.17) is 0 Å². The summed E-state index contributed by atoms with van der Waals surface area (Å²) in [5, 5.41) is 18.1. The molecule has 0 aliphatic rings. The third kappa shape index (κ3) is 5.41. The number of thiazole rings is 1. The number of nitrogens with one attached hydrogen (secondary N) is 2. The van der Waals surface area contributed by atoms with E-state index < -0.39 is 6.04 Å². The van der Waals surface area contributed by atoms with Crippen LogP contribution in [0, 0.1) is 6.92 Å². The van der Waals surface area contributed by atoms with Crippen LogP contribution in [-0.2, 0) is 11.2 Å². The first-order valence-corrected chi connectivity index (χ1v) is 10.3. The molecular weight excluding hydrogens is 370 g/mol. The average molecular weight is 396 g/mol. The number of aryl methyl sites for hydroxylation is 2. The van der Waals surface area contributed by atoms with Crippen LogP contribution in [-0.4, -0.2) is 35.2 Å². The summed E-state index contributed by atoms with van der Waals surface area (Å²) in [4.78, 5) is 16.9. The Balaban J connectivity index is 1.51. The number of aliphatic hydroxyl groups is 1. The molecular formula is C22H25N3O2S. The van der Waals surface area contributed by atoms with Gasteiger partial charge in [0.2, 0.25) is 5.91 Å². The minimum atomic E-state index is -0.715. The zero-order valence-corrected chi connectivity index (χ0v) is 16.7. The molecule has 0 aliphatic carbocycles. The smallest absolute Gasteiger partial charge is 0.244 e. The fourth-order valence-electron chi connectivity index (χ4n) is 2.94. The number of carbonyl (C=O) groups excluding carboxylic acids is 1. The molecule has 0 spiro atoms. The van der Waals surface area contributed by atoms with Crippen LogP contribution in [0.1, 0.15) is 17.5 Å². The lowest BCUT2D eigenvalue weighted by molar-refractivity contribution is -0.122. The van der Waals surface area contributed by atoms with Gasteiger partial charge in [-0.2, -0.15) is 0 Å². The standard InChI is InChI=1S/C22H25N3O2S/c1-16-8-5-6-12-18(16)20-15-28-22(25-20)24-19(14-26)21(27)23-13-7-11-17-9-3-2-4-10-17/h2-6,8-10,12,15,19,26H,7,11,13-14H2,1H3,(H,23,27)(H,24,25)/t19-/m0/s1. The van der Waals surface area contributed by atoms with Crippen LogP contribution < -0.4 is 10.6 Å². The summed E-state index contributed by atoms with van der Waals surface area (Å²) in [6, 6.07) is 17.5. The SMILES string of the molecule is Cc1ccccc1-c1csc(N[C@@H](CO)C(=O)NCCCc2ccccc2)n1. The molecule has 0 saturated carbocycles. The number of aromatic nitrogens is 1. The first-order chi connectivity index (χ1) is 13.7. The number of anilines is 1. The van der Waals surface area contributed by atoms with Gasteiger partial charge in [-0.25, -0.2) is 4.98 Å². The Morgan fingerprint density at radius 2 is 1.89 bits per heavy atom. The largest absolute Gasteiger partial charge is 0.394 e. The van der Waals surface area contributed by atoms with Gasteiger partial charge in [0.1, 0.15) is 6.04 Å². The molecule has 0 unspecified atom stereocenters. The number of benzene rings is 2. The van der Waals surface area contributed by atoms with Gasteiger partial charge in [0.05, 0.1) is 12.3 Å². The lowest BCUT2D eigenvalue weighted by Crippen LogP contribution is -2.42. The molecule has 2 aromatic carbocycles. The second kappa shape index (κ2) is 10.0. The lowest BCUT2D eigenvalue weighted by atomic mass is 10.1. The van der Waals surface area contributed by atoms with Crippen molar-refractivity contribution in [2.24, 2.45) is 0 Å². The third-order valence-electron chi connectivity index (χ3n) is 4.51. The Hall–Kier alpha value is -2.70. The lowest BCUT2D eigenvalue weighted by Gasteiger charge is -2.15. The van der Waals surface area contributed by atoms with Crippen LogP contribution >= 0.6 is 11.3 Å². The topological polar surface area (TPSA) is 74.2 Å². The van der Waals surface area contributed by atoms with Crippen molar-refractivity contribution >= 4 is 22.4 Å². The maximum Gasteiger partial charge on any atom is 0.244 e. The summed E-state index contributed by atoms with van der Waals surface area (Å²) in [5.41, 5.74) is 4.33. The number of nitrogens with zero attached hydrogens (tertiary/aromatic N) is 1. The molecule has 3 rings (SSSR count). The highest BCUT2D eigenvalue weighted by Crippen LogP contribution is 2.27. The van der Waals surface area contributed by atoms with Crippen molar-refractivity contribution in [3.8, 4) is 11.3 Å². The summed E-state index contributed by atoms with van der Waals surface area (Å²) in [5.74, 6) is -0.219. The van der Waals surface area contributed by atoms with E-state index in [0.717, 1.165) is 29.7 Å². The van der Waals surface area contributed by atoms with Crippen LogP contribution in [0.2, 0.25) is 0 Å². The number of rotatable bonds is 9. The molecule has 0 radical (unpaired) electrons. The quantitative estimate of drug-likeness (QED) is 0.484. The number of amides is 1. The van der Waals surface area contributed by atoms with Gasteiger partial charge < -0.3 is 15.7 Å². The zero-order valence-electron chi connectivity index (χ0n) is 15.9. The van der Waals surface area contributed by atoms with Crippen molar-refractivity contribution in [2.75, 3.05) is 18.5 Å². The van der Waals surface area contributed by atoms with Crippen molar-refractivity contribution in [3.63, 3.8) is 0 Å². The van der Waals surface area contributed by atoms with Gasteiger partial charge in [-0.05, 0) is 30.9 Å². The highest BCUT2D eigenvalue weighted by atomic mass is 32.1. The van der Waals surface area contributed by atoms with Crippen LogP contribution in [0.25, 0.3) is 11.3 Å². The van der Waals surface area contributed by atoms with E-state index >= 15 is 0 Å². The Bertz CT molecular complexity index is 896. The Labute approximate surface area is 169 Å². The highest BCUT2D eigenvalue weighted by molar-refractivity contribution is 7.14. The van der Waals surface area contributed by atoms with Gasteiger partial charge >= 0.3 is 0 Å². The molecule has 0 aliphatic heterocycles. The monoisotopic (exact) mass is 395 g/mol. The first kappa shape index (κ1) is 20.0. The van der Waals surface area contributed by atoms with E-state index in [2.05, 4.69) is 27.8 Å². The number of hydrogen-bond acceptors (Lipinski definition) is 5. The molecule has 3 aromatic rings. The molecule has 0 fully saturated rings. The number of carbonyl (C=O) groups is 1. The minimum Gasteiger partial charge on any atom is -0.394 e. The van der Waals surface area contributed by atoms with E-state index in [-0.39, 0.29) is 12.5 Å². The molecule has 146 valence electrons. The van der Waals surface area contributed by atoms with Gasteiger partial charge in [-0.3, -0.25) is 4.79 Å². The molecule has 1 aromatic heterocycles. The third-order valence-corrected chi connectivity index (χ3v) is 5.28. The maximum absolute atomic E-state index is 12.4. The van der Waals surface area contributed by atoms with Crippen molar-refractivity contribution < 1.29 is 9.90 Å². The Morgan fingerprint density at radius 1 is 1.14 bits per heavy atom. The Morgan fingerprint density at radius 3 is 2.64 bits per heavy atom. The summed E-state index contributed by atoms with van der Waals surface area (Å²) >= 11 is 1.43. The van der Waals surface area contributed by atoms with Crippen molar-refractivity contribution in [2.45, 2.75) is 25.8 Å². The van der Waals surface area contributed by atoms with Gasteiger partial charge in [-0.15, -0.1) is 11.3 Å². The average Bonchev–Trinajstić information content (AvgIpc) is 3.18. The highest BCUT2D eigenvalue weighted by Gasteiger charge is 2.18. The van der Waals surface area contributed by atoms with Crippen molar-refractivity contribution in [3.05, 3.63) is 71.1 Å². The predicted octanol–water partition coefficient (Wildman–Crippen LogP) is 3.64. The van der Waals surface area contributed by atoms with E-state index in [1.165, 1.54) is 16.9 Å². The molecule has 1 amide bonds. The van der Waals surface area contributed by atoms with Crippen LogP contribution in [0.15, 0.2) is 60.0 Å². The summed E-state index contributed by atoms with van der Waals surface area (Å²) in [6.45, 7) is 2.32. The van der Waals surface area contributed by atoms with E-state index in [0.29, 0.717) is 11.7 Å².